The molecular formula is C20H17Cl2N3O3S. The molecule has 0 aliphatic heterocycles. The van der Waals surface area contributed by atoms with Gasteiger partial charge in [-0.1, -0.05) is 29.3 Å². The van der Waals surface area contributed by atoms with Crippen molar-refractivity contribution in [3.63, 3.8) is 0 Å². The van der Waals surface area contributed by atoms with Crippen molar-refractivity contribution < 1.29 is 13.2 Å². The van der Waals surface area contributed by atoms with Crippen LogP contribution in [0.15, 0.2) is 77.7 Å². The monoisotopic (exact) mass is 449 g/mol. The lowest BCUT2D eigenvalue weighted by molar-refractivity contribution is 0.262. The highest BCUT2D eigenvalue weighted by Crippen LogP contribution is 2.25. The normalized spacial score (nSPS) is 11.0. The summed E-state index contributed by atoms with van der Waals surface area (Å²) in [4.78, 5) is 12.2. The van der Waals surface area contributed by atoms with Gasteiger partial charge in [-0.25, -0.2) is 13.2 Å². The lowest BCUT2D eigenvalue weighted by Gasteiger charge is -2.20. The number of anilines is 3. The van der Waals surface area contributed by atoms with Gasteiger partial charge >= 0.3 is 6.03 Å². The molecule has 9 heteroatoms. The number of nitrogens with one attached hydrogen (secondary N) is 2. The first-order valence-electron chi connectivity index (χ1n) is 8.44. The first-order chi connectivity index (χ1) is 13.8. The molecule has 0 aliphatic carbocycles. The molecular weight excluding hydrogens is 433 g/mol. The lowest BCUT2D eigenvalue weighted by atomic mass is 10.3. The van der Waals surface area contributed by atoms with Gasteiger partial charge in [0, 0.05) is 28.5 Å². The Morgan fingerprint density at radius 3 is 2.00 bits per heavy atom. The first-order valence-corrected chi connectivity index (χ1v) is 10.6. The van der Waals surface area contributed by atoms with Gasteiger partial charge in [-0.3, -0.25) is 4.31 Å². The van der Waals surface area contributed by atoms with Crippen LogP contribution in [0.4, 0.5) is 21.9 Å². The number of carbonyl (C=O) groups is 1. The number of amides is 2. The molecule has 0 aromatic heterocycles. The summed E-state index contributed by atoms with van der Waals surface area (Å²) in [5, 5.41) is 6.33. The molecule has 0 bridgehead atoms. The summed E-state index contributed by atoms with van der Waals surface area (Å²) >= 11 is 11.7. The molecule has 0 saturated heterocycles. The van der Waals surface area contributed by atoms with E-state index >= 15 is 0 Å². The second-order valence-corrected chi connectivity index (χ2v) is 8.90. The smallest absolute Gasteiger partial charge is 0.308 e. The van der Waals surface area contributed by atoms with Crippen molar-refractivity contribution >= 4 is 56.3 Å². The molecule has 3 rings (SSSR count). The van der Waals surface area contributed by atoms with Crippen molar-refractivity contribution in [2.45, 2.75) is 4.90 Å². The summed E-state index contributed by atoms with van der Waals surface area (Å²) in [5.41, 5.74) is 1.36. The largest absolute Gasteiger partial charge is 0.323 e. The Labute approximate surface area is 179 Å². The molecule has 0 saturated carbocycles. The molecule has 2 amide bonds. The van der Waals surface area contributed by atoms with E-state index in [9.17, 15) is 13.2 Å². The zero-order valence-electron chi connectivity index (χ0n) is 15.3. The Morgan fingerprint density at radius 2 is 1.38 bits per heavy atom. The minimum absolute atomic E-state index is 0.0410. The average molecular weight is 450 g/mol. The number of urea groups is 1. The third-order valence-electron chi connectivity index (χ3n) is 4.04. The fourth-order valence-corrected chi connectivity index (χ4v) is 4.00. The molecule has 0 atom stereocenters. The second kappa shape index (κ2) is 8.73. The summed E-state index contributed by atoms with van der Waals surface area (Å²) in [6.07, 6.45) is 0. The van der Waals surface area contributed by atoms with Crippen molar-refractivity contribution in [1.82, 2.24) is 0 Å². The number of carbonyl (C=O) groups excluding carboxylic acids is 1. The molecule has 2 N–H and O–H groups in total. The summed E-state index contributed by atoms with van der Waals surface area (Å²) in [5.74, 6) is 0. The van der Waals surface area contributed by atoms with E-state index in [1.807, 2.05) is 0 Å². The highest BCUT2D eigenvalue weighted by molar-refractivity contribution is 7.92. The van der Waals surface area contributed by atoms with Crippen LogP contribution in [0.3, 0.4) is 0 Å². The van der Waals surface area contributed by atoms with Crippen LogP contribution in [0.5, 0.6) is 0 Å². The van der Waals surface area contributed by atoms with Crippen molar-refractivity contribution in [2.24, 2.45) is 0 Å². The van der Waals surface area contributed by atoms with Crippen molar-refractivity contribution in [3.05, 3.63) is 82.8 Å². The number of rotatable bonds is 5. The Balaban J connectivity index is 1.76. The fraction of sp³-hybridized carbons (Fsp3) is 0.0500. The van der Waals surface area contributed by atoms with Gasteiger partial charge in [0.05, 0.1) is 10.6 Å². The minimum Gasteiger partial charge on any atom is -0.308 e. The number of nitrogens with zero attached hydrogens (tertiary/aromatic N) is 1. The van der Waals surface area contributed by atoms with Gasteiger partial charge in [-0.2, -0.15) is 0 Å². The quantitative estimate of drug-likeness (QED) is 0.542. The maximum absolute atomic E-state index is 12.9. The van der Waals surface area contributed by atoms with Gasteiger partial charge in [0.1, 0.15) is 0 Å². The van der Waals surface area contributed by atoms with E-state index in [0.717, 1.165) is 4.31 Å². The van der Waals surface area contributed by atoms with E-state index in [0.29, 0.717) is 27.1 Å². The van der Waals surface area contributed by atoms with E-state index < -0.39 is 16.1 Å². The standard InChI is InChI=1S/C20H17Cl2N3O3S/c1-25(18-11-7-15(22)8-12-18)29(27,28)19-4-2-3-17(13-19)24-20(26)23-16-9-5-14(21)6-10-16/h2-13H,1H3,(H2,23,24,26). The van der Waals surface area contributed by atoms with Crippen LogP contribution in [0.25, 0.3) is 0 Å². The molecule has 0 heterocycles. The van der Waals surface area contributed by atoms with Crippen LogP contribution < -0.4 is 14.9 Å². The molecule has 0 aliphatic rings. The van der Waals surface area contributed by atoms with Crippen LogP contribution in [-0.4, -0.2) is 21.5 Å². The SMILES string of the molecule is CN(c1ccc(Cl)cc1)S(=O)(=O)c1cccc(NC(=O)Nc2ccc(Cl)cc2)c1. The molecule has 6 nitrogen and oxygen atoms in total. The Hall–Kier alpha value is -2.74. The summed E-state index contributed by atoms with van der Waals surface area (Å²) in [6.45, 7) is 0. The molecule has 29 heavy (non-hydrogen) atoms. The van der Waals surface area contributed by atoms with E-state index in [2.05, 4.69) is 10.6 Å². The summed E-state index contributed by atoms with van der Waals surface area (Å²) < 4.78 is 27.0. The van der Waals surface area contributed by atoms with E-state index in [1.54, 1.807) is 60.7 Å². The molecule has 150 valence electrons. The maximum atomic E-state index is 12.9. The third kappa shape index (κ3) is 5.20. The third-order valence-corrected chi connectivity index (χ3v) is 6.33. The Morgan fingerprint density at radius 1 is 0.828 bits per heavy atom. The number of hydrogen-bond acceptors (Lipinski definition) is 3. The highest BCUT2D eigenvalue weighted by atomic mass is 35.5. The molecule has 0 spiro atoms. The maximum Gasteiger partial charge on any atom is 0.323 e. The van der Waals surface area contributed by atoms with Gasteiger partial charge in [-0.15, -0.1) is 0 Å². The number of benzene rings is 3. The summed E-state index contributed by atoms with van der Waals surface area (Å²) in [7, 11) is -2.37. The molecule has 0 radical (unpaired) electrons. The van der Waals surface area contributed by atoms with E-state index in [1.165, 1.54) is 19.2 Å². The predicted octanol–water partition coefficient (Wildman–Crippen LogP) is 5.46. The van der Waals surface area contributed by atoms with Crippen LogP contribution in [0.1, 0.15) is 0 Å². The van der Waals surface area contributed by atoms with Gasteiger partial charge in [0.15, 0.2) is 0 Å². The van der Waals surface area contributed by atoms with Gasteiger partial charge in [-0.05, 0) is 66.7 Å². The van der Waals surface area contributed by atoms with Crippen molar-refractivity contribution in [3.8, 4) is 0 Å². The van der Waals surface area contributed by atoms with Crippen LogP contribution >= 0.6 is 23.2 Å². The number of sulfonamides is 1. The minimum atomic E-state index is -3.82. The zero-order valence-corrected chi connectivity index (χ0v) is 17.6. The Kier molecular flexibility index (Phi) is 6.32. The first kappa shape index (κ1) is 21.0. The van der Waals surface area contributed by atoms with E-state index in [4.69, 9.17) is 23.2 Å². The second-order valence-electron chi connectivity index (χ2n) is 6.06. The average Bonchev–Trinajstić information content (AvgIpc) is 2.70. The summed E-state index contributed by atoms with van der Waals surface area (Å²) in [6, 6.07) is 18.6. The van der Waals surface area contributed by atoms with Crippen molar-refractivity contribution in [2.75, 3.05) is 22.0 Å². The highest BCUT2D eigenvalue weighted by Gasteiger charge is 2.21. The fourth-order valence-electron chi connectivity index (χ4n) is 2.51. The lowest BCUT2D eigenvalue weighted by Crippen LogP contribution is -2.26. The van der Waals surface area contributed by atoms with Crippen LogP contribution in [0.2, 0.25) is 10.0 Å². The van der Waals surface area contributed by atoms with Gasteiger partial charge < -0.3 is 10.6 Å². The Bertz CT molecular complexity index is 1120. The predicted molar refractivity (Wildman–Crippen MR) is 118 cm³/mol. The van der Waals surface area contributed by atoms with Gasteiger partial charge in [0.2, 0.25) is 0 Å². The molecule has 3 aromatic carbocycles. The topological polar surface area (TPSA) is 78.5 Å². The zero-order chi connectivity index (χ0) is 21.0. The van der Waals surface area contributed by atoms with Crippen LogP contribution in [0, 0.1) is 0 Å². The number of hydrogen-bond donors (Lipinski definition) is 2. The van der Waals surface area contributed by atoms with Crippen molar-refractivity contribution in [1.29, 1.82) is 0 Å². The number of halogens is 2. The van der Waals surface area contributed by atoms with E-state index in [-0.39, 0.29) is 4.90 Å². The van der Waals surface area contributed by atoms with Crippen LogP contribution in [-0.2, 0) is 10.0 Å². The van der Waals surface area contributed by atoms with Gasteiger partial charge in [0.25, 0.3) is 10.0 Å². The molecule has 0 unspecified atom stereocenters. The molecule has 0 fully saturated rings. The molecule has 3 aromatic rings.